The van der Waals surface area contributed by atoms with E-state index in [9.17, 15) is 4.79 Å². The van der Waals surface area contributed by atoms with Gasteiger partial charge in [0, 0.05) is 5.57 Å². The van der Waals surface area contributed by atoms with Gasteiger partial charge in [-0.05, 0) is 41.0 Å². The molecule has 4 nitrogen and oxygen atoms in total. The molecule has 0 aliphatic carbocycles. The van der Waals surface area contributed by atoms with Gasteiger partial charge in [-0.3, -0.25) is 0 Å². The molecule has 0 spiro atoms. The van der Waals surface area contributed by atoms with Crippen molar-refractivity contribution in [1.82, 2.24) is 0 Å². The third kappa shape index (κ3) is 10.4. The number of esters is 1. The Labute approximate surface area is 147 Å². The van der Waals surface area contributed by atoms with Crippen LogP contribution in [-0.4, -0.2) is 39.0 Å². The van der Waals surface area contributed by atoms with E-state index in [-0.39, 0.29) is 18.0 Å². The minimum atomic E-state index is -0.374. The van der Waals surface area contributed by atoms with E-state index in [1.165, 1.54) is 11.1 Å². The zero-order valence-electron chi connectivity index (χ0n) is 16.2. The monoisotopic (exact) mass is 338 g/mol. The Morgan fingerprint density at radius 1 is 0.917 bits per heavy atom. The van der Waals surface area contributed by atoms with Crippen LogP contribution in [0.1, 0.15) is 48.0 Å². The SMILES string of the molecule is C=C(C)C(=O)OCC(CC)(COCC=C(C)C)COCC=C(C)C. The maximum absolute atomic E-state index is 11.7. The zero-order valence-corrected chi connectivity index (χ0v) is 16.2. The second-order valence-electron chi connectivity index (χ2n) is 6.80. The number of hydrogen-bond donors (Lipinski definition) is 0. The molecule has 0 aliphatic heterocycles. The third-order valence-corrected chi connectivity index (χ3v) is 3.64. The molecule has 0 aromatic carbocycles. The van der Waals surface area contributed by atoms with Gasteiger partial charge in [0.1, 0.15) is 6.61 Å². The molecule has 0 aromatic heterocycles. The molecule has 0 saturated heterocycles. The minimum Gasteiger partial charge on any atom is -0.462 e. The highest BCUT2D eigenvalue weighted by atomic mass is 16.5. The van der Waals surface area contributed by atoms with Crippen LogP contribution in [-0.2, 0) is 19.0 Å². The first kappa shape index (κ1) is 22.6. The molecule has 0 atom stereocenters. The number of carbonyl (C=O) groups excluding carboxylic acids is 1. The fourth-order valence-corrected chi connectivity index (χ4v) is 1.78. The average Bonchev–Trinajstić information content (AvgIpc) is 2.51. The lowest BCUT2D eigenvalue weighted by Crippen LogP contribution is -2.37. The molecule has 0 bridgehead atoms. The fourth-order valence-electron chi connectivity index (χ4n) is 1.78. The Bertz CT molecular complexity index is 428. The second kappa shape index (κ2) is 12.0. The Hall–Kier alpha value is -1.39. The summed E-state index contributed by atoms with van der Waals surface area (Å²) in [7, 11) is 0. The Morgan fingerprint density at radius 2 is 1.38 bits per heavy atom. The van der Waals surface area contributed by atoms with E-state index in [4.69, 9.17) is 14.2 Å². The van der Waals surface area contributed by atoms with Crippen LogP contribution >= 0.6 is 0 Å². The van der Waals surface area contributed by atoms with Gasteiger partial charge in [-0.2, -0.15) is 0 Å². The van der Waals surface area contributed by atoms with E-state index >= 15 is 0 Å². The first-order valence-electron chi connectivity index (χ1n) is 8.47. The molecular formula is C20H34O4. The zero-order chi connectivity index (χ0) is 18.6. The molecule has 0 aromatic rings. The molecule has 0 rings (SSSR count). The quantitative estimate of drug-likeness (QED) is 0.228. The van der Waals surface area contributed by atoms with E-state index in [1.807, 2.05) is 39.8 Å². The summed E-state index contributed by atoms with van der Waals surface area (Å²) in [5.41, 5.74) is 2.47. The molecule has 0 heterocycles. The van der Waals surface area contributed by atoms with Gasteiger partial charge < -0.3 is 14.2 Å². The summed E-state index contributed by atoms with van der Waals surface area (Å²) >= 11 is 0. The van der Waals surface area contributed by atoms with Crippen LogP contribution in [0.2, 0.25) is 0 Å². The molecular weight excluding hydrogens is 304 g/mol. The summed E-state index contributed by atoms with van der Waals surface area (Å²) in [5, 5.41) is 0. The molecule has 0 saturated carbocycles. The lowest BCUT2D eigenvalue weighted by atomic mass is 9.88. The standard InChI is InChI=1S/C20H34O4/c1-8-20(13-22-11-9-16(2)3,14-23-12-10-17(4)5)15-24-19(21)18(6)7/h9-10H,6,8,11-15H2,1-5,7H3. The fraction of sp³-hybridized carbons (Fsp3) is 0.650. The molecule has 0 radical (unpaired) electrons. The van der Waals surface area contributed by atoms with Crippen molar-refractivity contribution < 1.29 is 19.0 Å². The Morgan fingerprint density at radius 3 is 1.71 bits per heavy atom. The first-order valence-corrected chi connectivity index (χ1v) is 8.47. The van der Waals surface area contributed by atoms with Crippen LogP contribution in [0.4, 0.5) is 0 Å². The number of rotatable bonds is 12. The lowest BCUT2D eigenvalue weighted by molar-refractivity contribution is -0.146. The van der Waals surface area contributed by atoms with Crippen molar-refractivity contribution >= 4 is 5.97 Å². The summed E-state index contributed by atoms with van der Waals surface area (Å²) in [4.78, 5) is 11.7. The van der Waals surface area contributed by atoms with Gasteiger partial charge in [-0.25, -0.2) is 4.79 Å². The van der Waals surface area contributed by atoms with Crippen molar-refractivity contribution in [2.45, 2.75) is 48.0 Å². The predicted octanol–water partition coefficient (Wildman–Crippen LogP) is 4.47. The van der Waals surface area contributed by atoms with E-state index in [0.717, 1.165) is 6.42 Å². The van der Waals surface area contributed by atoms with E-state index < -0.39 is 0 Å². The highest BCUT2D eigenvalue weighted by Gasteiger charge is 2.31. The van der Waals surface area contributed by atoms with Gasteiger partial charge in [-0.15, -0.1) is 0 Å². The van der Waals surface area contributed by atoms with Crippen molar-refractivity contribution in [3.05, 3.63) is 35.5 Å². The molecule has 0 N–H and O–H groups in total. The van der Waals surface area contributed by atoms with Gasteiger partial charge in [-0.1, -0.05) is 36.8 Å². The minimum absolute atomic E-state index is 0.263. The second-order valence-corrected chi connectivity index (χ2v) is 6.80. The van der Waals surface area contributed by atoms with Crippen LogP contribution in [0.15, 0.2) is 35.5 Å². The summed E-state index contributed by atoms with van der Waals surface area (Å²) in [5.74, 6) is -0.374. The molecule has 4 heteroatoms. The molecule has 0 unspecified atom stereocenters. The van der Waals surface area contributed by atoms with Crippen LogP contribution in [0.5, 0.6) is 0 Å². The molecule has 0 amide bonds. The van der Waals surface area contributed by atoms with E-state index in [1.54, 1.807) is 6.92 Å². The van der Waals surface area contributed by atoms with Crippen molar-refractivity contribution in [3.8, 4) is 0 Å². The Kier molecular flexibility index (Phi) is 11.3. The van der Waals surface area contributed by atoms with Crippen molar-refractivity contribution in [1.29, 1.82) is 0 Å². The third-order valence-electron chi connectivity index (χ3n) is 3.64. The summed E-state index contributed by atoms with van der Waals surface area (Å²) in [6.07, 6.45) is 4.86. The van der Waals surface area contributed by atoms with E-state index in [2.05, 4.69) is 13.5 Å². The van der Waals surface area contributed by atoms with Gasteiger partial charge in [0.05, 0.1) is 31.8 Å². The molecule has 0 fully saturated rings. The largest absolute Gasteiger partial charge is 0.462 e. The summed E-state index contributed by atoms with van der Waals surface area (Å²) < 4.78 is 17.0. The van der Waals surface area contributed by atoms with Gasteiger partial charge in [0.15, 0.2) is 0 Å². The van der Waals surface area contributed by atoms with Crippen LogP contribution in [0.25, 0.3) is 0 Å². The van der Waals surface area contributed by atoms with E-state index in [0.29, 0.717) is 32.0 Å². The van der Waals surface area contributed by atoms with Gasteiger partial charge in [0.2, 0.25) is 0 Å². The van der Waals surface area contributed by atoms with Crippen LogP contribution in [0, 0.1) is 5.41 Å². The normalized spacial score (nSPS) is 10.9. The smallest absolute Gasteiger partial charge is 0.333 e. The maximum Gasteiger partial charge on any atom is 0.333 e. The Balaban J connectivity index is 4.78. The number of ether oxygens (including phenoxy) is 3. The lowest BCUT2D eigenvalue weighted by Gasteiger charge is -2.31. The maximum atomic E-state index is 11.7. The first-order chi connectivity index (χ1) is 11.2. The summed E-state index contributed by atoms with van der Waals surface area (Å²) in [6.45, 7) is 17.8. The predicted molar refractivity (Wildman–Crippen MR) is 99.0 cm³/mol. The highest BCUT2D eigenvalue weighted by Crippen LogP contribution is 2.24. The highest BCUT2D eigenvalue weighted by molar-refractivity contribution is 5.86. The van der Waals surface area contributed by atoms with Crippen molar-refractivity contribution in [2.75, 3.05) is 33.0 Å². The summed E-state index contributed by atoms with van der Waals surface area (Å²) in [6, 6.07) is 0. The molecule has 138 valence electrons. The number of hydrogen-bond acceptors (Lipinski definition) is 4. The number of carbonyl (C=O) groups is 1. The molecule has 0 aliphatic rings. The van der Waals surface area contributed by atoms with Crippen LogP contribution < -0.4 is 0 Å². The van der Waals surface area contributed by atoms with Crippen molar-refractivity contribution in [2.24, 2.45) is 5.41 Å². The van der Waals surface area contributed by atoms with Gasteiger partial charge >= 0.3 is 5.97 Å². The van der Waals surface area contributed by atoms with Crippen LogP contribution in [0.3, 0.4) is 0 Å². The topological polar surface area (TPSA) is 44.8 Å². The average molecular weight is 338 g/mol. The molecule has 24 heavy (non-hydrogen) atoms. The van der Waals surface area contributed by atoms with Crippen molar-refractivity contribution in [3.63, 3.8) is 0 Å². The number of allylic oxidation sites excluding steroid dienone is 2. The van der Waals surface area contributed by atoms with Gasteiger partial charge in [0.25, 0.3) is 0 Å².